The van der Waals surface area contributed by atoms with Crippen molar-refractivity contribution in [3.8, 4) is 11.3 Å². The number of nitrogens with zero attached hydrogens (tertiary/aromatic N) is 3. The zero-order valence-corrected chi connectivity index (χ0v) is 13.1. The van der Waals surface area contributed by atoms with E-state index in [1.54, 1.807) is 4.90 Å². The maximum atomic E-state index is 12.5. The fourth-order valence-electron chi connectivity index (χ4n) is 3.55. The van der Waals surface area contributed by atoms with Crippen LogP contribution in [0.2, 0.25) is 0 Å². The van der Waals surface area contributed by atoms with Gasteiger partial charge in [-0.2, -0.15) is 13.2 Å². The average Bonchev–Trinajstić information content (AvgIpc) is 3.00. The van der Waals surface area contributed by atoms with Gasteiger partial charge in [0.05, 0.1) is 17.7 Å². The number of amides is 1. The summed E-state index contributed by atoms with van der Waals surface area (Å²) in [5.74, 6) is -0.140. The molecule has 0 saturated carbocycles. The fourth-order valence-corrected chi connectivity index (χ4v) is 3.55. The Labute approximate surface area is 137 Å². The van der Waals surface area contributed by atoms with Crippen LogP contribution in [-0.2, 0) is 6.67 Å². The maximum Gasteiger partial charge on any atom is 0.390 e. The first-order valence-corrected chi connectivity index (χ1v) is 8.19. The minimum atomic E-state index is -4.13. The van der Waals surface area contributed by atoms with E-state index in [1.165, 1.54) is 0 Å². The number of halogens is 3. The Bertz CT molecular complexity index is 733. The number of likely N-dealkylation sites (tertiary alicyclic amines) is 1. The second kappa shape index (κ2) is 5.54. The Hall–Kier alpha value is -1.96. The molecular weight excluding hydrogens is 321 g/mol. The van der Waals surface area contributed by atoms with Crippen LogP contribution in [-0.4, -0.2) is 52.0 Å². The Morgan fingerprint density at radius 1 is 1.33 bits per heavy atom. The summed E-state index contributed by atoms with van der Waals surface area (Å²) in [7, 11) is 0. The predicted molar refractivity (Wildman–Crippen MR) is 82.0 cm³/mol. The van der Waals surface area contributed by atoms with Crippen LogP contribution in [0.3, 0.4) is 0 Å². The minimum Gasteiger partial charge on any atom is -0.348 e. The minimum absolute atomic E-state index is 0.000651. The molecule has 0 spiro atoms. The van der Waals surface area contributed by atoms with Crippen LogP contribution in [0.1, 0.15) is 29.6 Å². The third-order valence-corrected chi connectivity index (χ3v) is 4.83. The van der Waals surface area contributed by atoms with Gasteiger partial charge in [0.15, 0.2) is 0 Å². The molecule has 1 saturated heterocycles. The lowest BCUT2D eigenvalue weighted by atomic mass is 10.0. The van der Waals surface area contributed by atoms with Crippen LogP contribution < -0.4 is 5.32 Å². The number of carbonyl (C=O) groups excluding carboxylic acids is 1. The maximum absolute atomic E-state index is 12.5. The summed E-state index contributed by atoms with van der Waals surface area (Å²) in [6.45, 7) is 2.01. The Morgan fingerprint density at radius 2 is 2.17 bits per heavy atom. The molecular formula is C16H19F3N4O. The number of hydrogen-bond donors (Lipinski definition) is 1. The van der Waals surface area contributed by atoms with E-state index in [2.05, 4.69) is 10.00 Å². The summed E-state index contributed by atoms with van der Waals surface area (Å²) in [6, 6.07) is 3.65. The van der Waals surface area contributed by atoms with Gasteiger partial charge >= 0.3 is 6.18 Å². The zero-order valence-electron chi connectivity index (χ0n) is 13.1. The van der Waals surface area contributed by atoms with Crippen molar-refractivity contribution in [2.75, 3.05) is 19.6 Å². The van der Waals surface area contributed by atoms with Crippen molar-refractivity contribution in [3.63, 3.8) is 0 Å². The quantitative estimate of drug-likeness (QED) is 0.792. The SMILES string of the molecule is O=C(N[C@H]1CCCN(CCC(F)(F)F)C1)c1ccc2n3n(cc1-2)C3. The van der Waals surface area contributed by atoms with Gasteiger partial charge in [0.2, 0.25) is 0 Å². The highest BCUT2D eigenvalue weighted by Gasteiger charge is 2.31. The second-order valence-electron chi connectivity index (χ2n) is 6.63. The molecule has 0 aromatic carbocycles. The standard InChI is InChI=1S/C16H19F3N4O/c17-16(18,19)5-7-21-6-1-2-11(8-21)20-15(24)12-3-4-14-13(12)9-22-10-23(14)22/h3-4,9,11H,1-2,5-8,10H2,(H,20,24)/t11-,22?,23?/m0/s1. The monoisotopic (exact) mass is 340 g/mol. The highest BCUT2D eigenvalue weighted by Crippen LogP contribution is 2.34. The van der Waals surface area contributed by atoms with E-state index in [0.717, 1.165) is 30.8 Å². The molecule has 3 aliphatic heterocycles. The van der Waals surface area contributed by atoms with E-state index in [0.29, 0.717) is 18.7 Å². The lowest BCUT2D eigenvalue weighted by Gasteiger charge is -2.33. The van der Waals surface area contributed by atoms with Gasteiger partial charge in [0, 0.05) is 30.9 Å². The van der Waals surface area contributed by atoms with Crippen molar-refractivity contribution in [3.05, 3.63) is 23.9 Å². The van der Waals surface area contributed by atoms with Crippen LogP contribution in [0, 0.1) is 0 Å². The third kappa shape index (κ3) is 3.02. The number of rotatable bonds is 4. The number of alkyl halides is 3. The van der Waals surface area contributed by atoms with Gasteiger partial charge in [-0.05, 0) is 31.5 Å². The molecule has 4 rings (SSSR count). The molecule has 0 bridgehead atoms. The largest absolute Gasteiger partial charge is 0.390 e. The summed E-state index contributed by atoms with van der Waals surface area (Å²) in [4.78, 5) is 14.3. The van der Waals surface area contributed by atoms with Gasteiger partial charge in [-0.25, -0.2) is 0 Å². The number of piperidine rings is 1. The van der Waals surface area contributed by atoms with Crippen LogP contribution >= 0.6 is 0 Å². The van der Waals surface area contributed by atoms with Crippen molar-refractivity contribution >= 4 is 5.91 Å². The molecule has 3 heterocycles. The Kier molecular flexibility index (Phi) is 3.59. The van der Waals surface area contributed by atoms with Crippen LogP contribution in [0.5, 0.6) is 0 Å². The highest BCUT2D eigenvalue weighted by atomic mass is 19.4. The molecule has 8 heteroatoms. The second-order valence-corrected chi connectivity index (χ2v) is 6.63. The molecule has 24 heavy (non-hydrogen) atoms. The lowest BCUT2D eigenvalue weighted by Crippen LogP contribution is -2.48. The predicted octanol–water partition coefficient (Wildman–Crippen LogP) is 2.36. The van der Waals surface area contributed by atoms with Crippen molar-refractivity contribution < 1.29 is 18.0 Å². The van der Waals surface area contributed by atoms with Gasteiger partial charge in [0.1, 0.15) is 6.67 Å². The molecule has 0 radical (unpaired) electrons. The summed E-state index contributed by atoms with van der Waals surface area (Å²) in [5, 5.41) is 2.99. The third-order valence-electron chi connectivity index (χ3n) is 4.83. The number of nitrogens with one attached hydrogen (secondary N) is 1. The molecule has 4 aliphatic rings. The van der Waals surface area contributed by atoms with Crippen molar-refractivity contribution in [2.45, 2.75) is 38.1 Å². The van der Waals surface area contributed by atoms with Crippen molar-refractivity contribution in [1.82, 2.24) is 19.6 Å². The summed E-state index contributed by atoms with van der Waals surface area (Å²) in [6.07, 6.45) is -1.37. The first kappa shape index (κ1) is 15.6. The van der Waals surface area contributed by atoms with E-state index in [1.807, 2.05) is 23.0 Å². The molecule has 0 unspecified atom stereocenters. The lowest BCUT2D eigenvalue weighted by molar-refractivity contribution is -0.138. The smallest absolute Gasteiger partial charge is 0.348 e. The van der Waals surface area contributed by atoms with Gasteiger partial charge in [-0.1, -0.05) is 0 Å². The molecule has 1 amide bonds. The fraction of sp³-hybridized carbons (Fsp3) is 0.562. The normalized spacial score (nSPS) is 21.0. The van der Waals surface area contributed by atoms with Gasteiger partial charge in [-0.15, -0.1) is 0 Å². The molecule has 5 nitrogen and oxygen atoms in total. The van der Waals surface area contributed by atoms with Gasteiger partial charge in [0.25, 0.3) is 5.91 Å². The van der Waals surface area contributed by atoms with Gasteiger partial charge < -0.3 is 10.2 Å². The highest BCUT2D eigenvalue weighted by molar-refractivity contribution is 6.02. The summed E-state index contributed by atoms with van der Waals surface area (Å²) < 4.78 is 41.2. The van der Waals surface area contributed by atoms with E-state index < -0.39 is 12.6 Å². The zero-order chi connectivity index (χ0) is 16.9. The summed E-state index contributed by atoms with van der Waals surface area (Å²) in [5.41, 5.74) is 2.63. The van der Waals surface area contributed by atoms with Crippen molar-refractivity contribution in [2.24, 2.45) is 0 Å². The first-order chi connectivity index (χ1) is 11.4. The molecule has 0 aromatic heterocycles. The average molecular weight is 340 g/mol. The number of fused-ring (bicyclic) bond motifs is 3. The number of carbonyl (C=O) groups is 1. The first-order valence-electron chi connectivity index (χ1n) is 8.19. The van der Waals surface area contributed by atoms with Crippen LogP contribution in [0.25, 0.3) is 11.3 Å². The Morgan fingerprint density at radius 3 is 2.96 bits per heavy atom. The van der Waals surface area contributed by atoms with E-state index in [4.69, 9.17) is 0 Å². The number of hydrogen-bond acceptors (Lipinski definition) is 2. The van der Waals surface area contributed by atoms with E-state index in [-0.39, 0.29) is 18.5 Å². The Balaban J connectivity index is 1.35. The van der Waals surface area contributed by atoms with Crippen molar-refractivity contribution in [1.29, 1.82) is 0 Å². The van der Waals surface area contributed by atoms with E-state index in [9.17, 15) is 18.0 Å². The molecule has 1 N–H and O–H groups in total. The van der Waals surface area contributed by atoms with E-state index >= 15 is 0 Å². The number of aromatic nitrogens is 2. The molecule has 1 fully saturated rings. The van der Waals surface area contributed by atoms with Gasteiger partial charge in [-0.3, -0.25) is 14.2 Å². The van der Waals surface area contributed by atoms with Crippen LogP contribution in [0.4, 0.5) is 13.2 Å². The summed E-state index contributed by atoms with van der Waals surface area (Å²) >= 11 is 0. The van der Waals surface area contributed by atoms with Crippen LogP contribution in [0.15, 0.2) is 18.3 Å². The molecule has 1 aliphatic carbocycles. The molecule has 0 aromatic rings. The topological polar surface area (TPSA) is 42.2 Å². The molecule has 1 atom stereocenters. The molecule has 130 valence electrons.